The van der Waals surface area contributed by atoms with Crippen molar-refractivity contribution in [3.63, 3.8) is 0 Å². The molecule has 1 aliphatic heterocycles. The maximum Gasteiger partial charge on any atom is 0.573 e. The number of carbonyl (C=O) groups excluding carboxylic acids is 2. The number of ether oxygens (including phenoxy) is 1. The number of imide groups is 1. The van der Waals surface area contributed by atoms with E-state index in [1.165, 1.54) is 23.5 Å². The molecule has 0 radical (unpaired) electrons. The van der Waals surface area contributed by atoms with E-state index in [0.29, 0.717) is 10.6 Å². The topological polar surface area (TPSA) is 58.6 Å². The highest BCUT2D eigenvalue weighted by atomic mass is 32.1. The highest BCUT2D eigenvalue weighted by Gasteiger charge is 2.41. The van der Waals surface area contributed by atoms with Crippen LogP contribution in [0.3, 0.4) is 0 Å². The first-order valence-corrected chi connectivity index (χ1v) is 10.4. The fourth-order valence-electron chi connectivity index (χ4n) is 3.31. The third-order valence-corrected chi connectivity index (χ3v) is 5.82. The van der Waals surface area contributed by atoms with Gasteiger partial charge in [0.25, 0.3) is 11.8 Å². The van der Waals surface area contributed by atoms with Gasteiger partial charge in [-0.1, -0.05) is 18.2 Å². The molecule has 1 N–H and O–H groups in total. The lowest BCUT2D eigenvalue weighted by Crippen LogP contribution is -2.32. The molecule has 2 amide bonds. The zero-order chi connectivity index (χ0) is 23.0. The van der Waals surface area contributed by atoms with Gasteiger partial charge in [-0.3, -0.25) is 9.59 Å². The van der Waals surface area contributed by atoms with Gasteiger partial charge in [0, 0.05) is 16.6 Å². The number of hydrogen-bond acceptors (Lipinski definition) is 5. The molecule has 0 saturated carbocycles. The van der Waals surface area contributed by atoms with E-state index in [2.05, 4.69) is 10.1 Å². The minimum atomic E-state index is -4.85. The summed E-state index contributed by atoms with van der Waals surface area (Å²) >= 11 is 1.28. The van der Waals surface area contributed by atoms with Gasteiger partial charge in [-0.25, -0.2) is 4.90 Å². The quantitative estimate of drug-likeness (QED) is 0.502. The number of thiophene rings is 1. The van der Waals surface area contributed by atoms with Crippen LogP contribution in [-0.4, -0.2) is 18.2 Å². The Morgan fingerprint density at radius 3 is 2.38 bits per heavy atom. The van der Waals surface area contributed by atoms with E-state index < -0.39 is 23.9 Å². The fourth-order valence-corrected chi connectivity index (χ4v) is 4.08. The van der Waals surface area contributed by atoms with Crippen LogP contribution in [0.4, 0.5) is 24.5 Å². The van der Waals surface area contributed by atoms with Crippen LogP contribution >= 0.6 is 11.3 Å². The van der Waals surface area contributed by atoms with Crippen molar-refractivity contribution in [2.75, 3.05) is 10.2 Å². The van der Waals surface area contributed by atoms with Crippen LogP contribution in [0, 0.1) is 13.8 Å². The van der Waals surface area contributed by atoms with Gasteiger partial charge in [0.2, 0.25) is 0 Å². The van der Waals surface area contributed by atoms with Gasteiger partial charge in [0.1, 0.15) is 11.4 Å². The van der Waals surface area contributed by atoms with E-state index in [0.717, 1.165) is 28.2 Å². The second kappa shape index (κ2) is 8.16. The molecular weight excluding hydrogens is 441 g/mol. The molecule has 1 aromatic heterocycles. The van der Waals surface area contributed by atoms with E-state index in [-0.39, 0.29) is 17.0 Å². The van der Waals surface area contributed by atoms with Crippen molar-refractivity contribution in [1.82, 2.24) is 0 Å². The van der Waals surface area contributed by atoms with E-state index in [9.17, 15) is 22.8 Å². The number of rotatable bonds is 5. The Morgan fingerprint density at radius 2 is 1.72 bits per heavy atom. The molecule has 5 nitrogen and oxygen atoms in total. The molecule has 0 atom stereocenters. The SMILES string of the molecule is Cc1ccc(N2C(=O)C(Nc3cccc(OC(F)(F)F)c3)=C(c3cccs3)C2=O)cc1C. The molecule has 9 heteroatoms. The zero-order valence-electron chi connectivity index (χ0n) is 17.0. The molecule has 0 fully saturated rings. The fraction of sp³-hybridized carbons (Fsp3) is 0.130. The summed E-state index contributed by atoms with van der Waals surface area (Å²) in [6.07, 6.45) is -4.85. The van der Waals surface area contributed by atoms with Gasteiger partial charge >= 0.3 is 6.36 Å². The van der Waals surface area contributed by atoms with Crippen LogP contribution in [0.2, 0.25) is 0 Å². The van der Waals surface area contributed by atoms with Crippen molar-refractivity contribution in [3.8, 4) is 5.75 Å². The molecule has 0 saturated heterocycles. The van der Waals surface area contributed by atoms with Gasteiger partial charge in [0.15, 0.2) is 0 Å². The Morgan fingerprint density at radius 1 is 0.938 bits per heavy atom. The van der Waals surface area contributed by atoms with Crippen LogP contribution in [0.15, 0.2) is 65.7 Å². The van der Waals surface area contributed by atoms with Crippen molar-refractivity contribution < 1.29 is 27.5 Å². The molecule has 2 heterocycles. The van der Waals surface area contributed by atoms with Crippen LogP contribution < -0.4 is 15.0 Å². The molecule has 3 aromatic rings. The number of aryl methyl sites for hydroxylation is 2. The molecule has 0 aliphatic carbocycles. The molecule has 164 valence electrons. The van der Waals surface area contributed by atoms with Gasteiger partial charge in [-0.15, -0.1) is 24.5 Å². The van der Waals surface area contributed by atoms with Crippen molar-refractivity contribution >= 4 is 40.1 Å². The van der Waals surface area contributed by atoms with Gasteiger partial charge in [-0.05, 0) is 60.7 Å². The predicted octanol–water partition coefficient (Wildman–Crippen LogP) is 5.66. The molecule has 2 aromatic carbocycles. The number of halogens is 3. The van der Waals surface area contributed by atoms with E-state index in [1.807, 2.05) is 19.9 Å². The van der Waals surface area contributed by atoms with Gasteiger partial charge in [0.05, 0.1) is 11.3 Å². The third-order valence-electron chi connectivity index (χ3n) is 4.94. The maximum atomic E-state index is 13.3. The summed E-state index contributed by atoms with van der Waals surface area (Å²) in [6.45, 7) is 3.80. The summed E-state index contributed by atoms with van der Waals surface area (Å²) in [4.78, 5) is 28.3. The Hall–Kier alpha value is -3.59. The lowest BCUT2D eigenvalue weighted by molar-refractivity contribution is -0.274. The molecule has 0 unspecified atom stereocenters. The summed E-state index contributed by atoms with van der Waals surface area (Å²) in [5.41, 5.74) is 2.67. The average molecular weight is 458 g/mol. The van der Waals surface area contributed by atoms with Crippen LogP contribution in [0.5, 0.6) is 5.75 Å². The van der Waals surface area contributed by atoms with Crippen molar-refractivity contribution in [3.05, 3.63) is 81.7 Å². The molecule has 4 rings (SSSR count). The summed E-state index contributed by atoms with van der Waals surface area (Å²) in [7, 11) is 0. The largest absolute Gasteiger partial charge is 0.573 e. The van der Waals surface area contributed by atoms with Crippen molar-refractivity contribution in [1.29, 1.82) is 0 Å². The minimum absolute atomic E-state index is 0.0140. The average Bonchev–Trinajstić information content (AvgIpc) is 3.30. The normalized spacial score (nSPS) is 14.3. The van der Waals surface area contributed by atoms with E-state index in [1.54, 1.807) is 29.6 Å². The minimum Gasteiger partial charge on any atom is -0.406 e. The lowest BCUT2D eigenvalue weighted by atomic mass is 10.1. The summed E-state index contributed by atoms with van der Waals surface area (Å²) < 4.78 is 41.7. The standard InChI is InChI=1S/C23H17F3N2O3S/c1-13-8-9-16(11-14(13)2)28-21(29)19(18-7-4-10-32-18)20(22(28)30)27-15-5-3-6-17(12-15)31-23(24,25)26/h3-12,27H,1-2H3. The highest BCUT2D eigenvalue weighted by Crippen LogP contribution is 2.36. The first-order chi connectivity index (χ1) is 15.1. The number of alkyl halides is 3. The molecule has 0 spiro atoms. The number of benzene rings is 2. The highest BCUT2D eigenvalue weighted by molar-refractivity contribution is 7.11. The number of anilines is 2. The van der Waals surface area contributed by atoms with Crippen LogP contribution in [0.1, 0.15) is 16.0 Å². The third kappa shape index (κ3) is 4.24. The van der Waals surface area contributed by atoms with Crippen LogP contribution in [0.25, 0.3) is 5.57 Å². The van der Waals surface area contributed by atoms with Gasteiger partial charge in [-0.2, -0.15) is 0 Å². The van der Waals surface area contributed by atoms with E-state index >= 15 is 0 Å². The first kappa shape index (κ1) is 21.6. The second-order valence-corrected chi connectivity index (χ2v) is 8.09. The molecule has 32 heavy (non-hydrogen) atoms. The summed E-state index contributed by atoms with van der Waals surface area (Å²) in [6, 6.07) is 13.8. The maximum absolute atomic E-state index is 13.3. The first-order valence-electron chi connectivity index (χ1n) is 9.51. The Bertz CT molecular complexity index is 1230. The smallest absolute Gasteiger partial charge is 0.406 e. The number of carbonyl (C=O) groups is 2. The second-order valence-electron chi connectivity index (χ2n) is 7.14. The van der Waals surface area contributed by atoms with Crippen LogP contribution in [-0.2, 0) is 9.59 Å². The van der Waals surface area contributed by atoms with Crippen molar-refractivity contribution in [2.24, 2.45) is 0 Å². The number of nitrogens with one attached hydrogen (secondary N) is 1. The lowest BCUT2D eigenvalue weighted by Gasteiger charge is -2.17. The Balaban J connectivity index is 1.74. The summed E-state index contributed by atoms with van der Waals surface area (Å²) in [5, 5.41) is 4.61. The molecule has 0 bridgehead atoms. The Labute approximate surface area is 185 Å². The monoisotopic (exact) mass is 458 g/mol. The molecule has 1 aliphatic rings. The zero-order valence-corrected chi connectivity index (χ0v) is 17.8. The number of hydrogen-bond donors (Lipinski definition) is 1. The van der Waals surface area contributed by atoms with Crippen molar-refractivity contribution in [2.45, 2.75) is 20.2 Å². The molecular formula is C23H17F3N2O3S. The summed E-state index contributed by atoms with van der Waals surface area (Å²) in [5.74, 6) is -1.54. The predicted molar refractivity (Wildman–Crippen MR) is 116 cm³/mol. The van der Waals surface area contributed by atoms with E-state index in [4.69, 9.17) is 0 Å². The Kier molecular flexibility index (Phi) is 5.52. The van der Waals surface area contributed by atoms with Gasteiger partial charge < -0.3 is 10.1 Å². The number of nitrogens with zero attached hydrogens (tertiary/aromatic N) is 1. The number of amides is 2.